The molecule has 2 rings (SSSR count). The number of fused-ring (bicyclic) bond motifs is 1. The van der Waals surface area contributed by atoms with E-state index < -0.39 is 0 Å². The molecular formula is C18H20O4. The average molecular weight is 300 g/mol. The van der Waals surface area contributed by atoms with Gasteiger partial charge in [0.05, 0.1) is 0 Å². The molecule has 0 atom stereocenters. The molecule has 0 fully saturated rings. The smallest absolute Gasteiger partial charge is 0.305 e. The second-order valence-corrected chi connectivity index (χ2v) is 5.00. The zero-order valence-corrected chi connectivity index (χ0v) is 12.9. The van der Waals surface area contributed by atoms with Gasteiger partial charge in [0, 0.05) is 12.8 Å². The van der Waals surface area contributed by atoms with Crippen molar-refractivity contribution in [2.24, 2.45) is 0 Å². The number of ether oxygens (including phenoxy) is 2. The molecule has 0 heterocycles. The number of esters is 2. The Kier molecular flexibility index (Phi) is 5.53. The first-order valence-electron chi connectivity index (χ1n) is 7.45. The van der Waals surface area contributed by atoms with Gasteiger partial charge in [-0.1, -0.05) is 44.2 Å². The Morgan fingerprint density at radius 1 is 0.909 bits per heavy atom. The molecule has 0 radical (unpaired) electrons. The van der Waals surface area contributed by atoms with E-state index in [0.29, 0.717) is 12.8 Å². The predicted octanol–water partition coefficient (Wildman–Crippen LogP) is 3.75. The van der Waals surface area contributed by atoms with Gasteiger partial charge in [-0.3, -0.25) is 9.59 Å². The molecular weight excluding hydrogens is 280 g/mol. The molecule has 0 unspecified atom stereocenters. The Balaban J connectivity index is 2.21. The van der Waals surface area contributed by atoms with Gasteiger partial charge in [0.1, 0.15) is 13.2 Å². The molecule has 0 N–H and O–H groups in total. The Morgan fingerprint density at radius 3 is 2.27 bits per heavy atom. The first-order valence-corrected chi connectivity index (χ1v) is 7.45. The number of carbonyl (C=O) groups is 2. The molecule has 0 aliphatic rings. The number of carbonyl (C=O) groups excluding carboxylic acids is 2. The van der Waals surface area contributed by atoms with Crippen molar-refractivity contribution in [3.63, 3.8) is 0 Å². The van der Waals surface area contributed by atoms with Crippen LogP contribution in [-0.2, 0) is 32.3 Å². The van der Waals surface area contributed by atoms with Gasteiger partial charge in [0.25, 0.3) is 0 Å². The minimum atomic E-state index is -0.218. The maximum Gasteiger partial charge on any atom is 0.305 e. The maximum atomic E-state index is 11.3. The summed E-state index contributed by atoms with van der Waals surface area (Å²) in [6.07, 6.45) is 0.731. The molecule has 0 saturated carbocycles. The zero-order chi connectivity index (χ0) is 15.9. The van der Waals surface area contributed by atoms with E-state index in [1.54, 1.807) is 13.8 Å². The summed E-state index contributed by atoms with van der Waals surface area (Å²) in [7, 11) is 0. The van der Waals surface area contributed by atoms with Crippen LogP contribution in [0.2, 0.25) is 0 Å². The third-order valence-electron chi connectivity index (χ3n) is 3.40. The highest BCUT2D eigenvalue weighted by Crippen LogP contribution is 2.22. The quantitative estimate of drug-likeness (QED) is 0.762. The van der Waals surface area contributed by atoms with Crippen LogP contribution in [0.1, 0.15) is 37.8 Å². The third-order valence-corrected chi connectivity index (χ3v) is 3.40. The van der Waals surface area contributed by atoms with E-state index >= 15 is 0 Å². The van der Waals surface area contributed by atoms with Crippen molar-refractivity contribution in [2.45, 2.75) is 39.9 Å². The minimum Gasteiger partial charge on any atom is -0.461 e. The van der Waals surface area contributed by atoms with Crippen LogP contribution >= 0.6 is 0 Å². The van der Waals surface area contributed by atoms with Crippen LogP contribution in [-0.4, -0.2) is 11.9 Å². The average Bonchev–Trinajstić information content (AvgIpc) is 2.57. The van der Waals surface area contributed by atoms with Crippen molar-refractivity contribution in [1.29, 1.82) is 0 Å². The second-order valence-electron chi connectivity index (χ2n) is 5.00. The van der Waals surface area contributed by atoms with Gasteiger partial charge in [-0.25, -0.2) is 0 Å². The van der Waals surface area contributed by atoms with E-state index in [4.69, 9.17) is 9.47 Å². The summed E-state index contributed by atoms with van der Waals surface area (Å²) >= 11 is 0. The standard InChI is InChI=1S/C18H20O4/c1-3-17(19)21-11-13-8-9-14-6-5-7-15(16(14)10-13)12-22-18(20)4-2/h5-10H,3-4,11-12H2,1-2H3. The SMILES string of the molecule is CCC(=O)OCc1ccc2cccc(COC(=O)CC)c2c1. The van der Waals surface area contributed by atoms with Crippen molar-refractivity contribution >= 4 is 22.7 Å². The molecule has 116 valence electrons. The number of hydrogen-bond donors (Lipinski definition) is 0. The fourth-order valence-corrected chi connectivity index (χ4v) is 2.13. The molecule has 0 bridgehead atoms. The highest BCUT2D eigenvalue weighted by molar-refractivity contribution is 5.86. The topological polar surface area (TPSA) is 52.6 Å². The normalized spacial score (nSPS) is 10.5. The van der Waals surface area contributed by atoms with Crippen molar-refractivity contribution in [3.8, 4) is 0 Å². The van der Waals surface area contributed by atoms with E-state index in [9.17, 15) is 9.59 Å². The van der Waals surface area contributed by atoms with Crippen LogP contribution in [0.25, 0.3) is 10.8 Å². The summed E-state index contributed by atoms with van der Waals surface area (Å²) < 4.78 is 10.4. The van der Waals surface area contributed by atoms with Gasteiger partial charge in [0.2, 0.25) is 0 Å². The highest BCUT2D eigenvalue weighted by Gasteiger charge is 2.06. The van der Waals surface area contributed by atoms with Crippen LogP contribution in [0, 0.1) is 0 Å². The summed E-state index contributed by atoms with van der Waals surface area (Å²) in [4.78, 5) is 22.6. The molecule has 0 amide bonds. The summed E-state index contributed by atoms with van der Waals surface area (Å²) in [5, 5.41) is 2.08. The lowest BCUT2D eigenvalue weighted by molar-refractivity contribution is -0.145. The Labute approximate surface area is 130 Å². The van der Waals surface area contributed by atoms with Gasteiger partial charge < -0.3 is 9.47 Å². The fourth-order valence-electron chi connectivity index (χ4n) is 2.13. The predicted molar refractivity (Wildman–Crippen MR) is 84.1 cm³/mol. The van der Waals surface area contributed by atoms with Crippen molar-refractivity contribution in [3.05, 3.63) is 47.5 Å². The van der Waals surface area contributed by atoms with Crippen LogP contribution in [0.3, 0.4) is 0 Å². The molecule has 0 aromatic heterocycles. The lowest BCUT2D eigenvalue weighted by Crippen LogP contribution is -2.04. The van der Waals surface area contributed by atoms with Crippen molar-refractivity contribution in [1.82, 2.24) is 0 Å². The summed E-state index contributed by atoms with van der Waals surface area (Å²) in [5.74, 6) is -0.435. The minimum absolute atomic E-state index is 0.217. The van der Waals surface area contributed by atoms with Gasteiger partial charge in [-0.2, -0.15) is 0 Å². The highest BCUT2D eigenvalue weighted by atomic mass is 16.5. The van der Waals surface area contributed by atoms with E-state index in [-0.39, 0.29) is 25.2 Å². The van der Waals surface area contributed by atoms with Crippen LogP contribution in [0.4, 0.5) is 0 Å². The lowest BCUT2D eigenvalue weighted by Gasteiger charge is -2.10. The van der Waals surface area contributed by atoms with E-state index in [0.717, 1.165) is 21.9 Å². The molecule has 22 heavy (non-hydrogen) atoms. The molecule has 0 aliphatic carbocycles. The van der Waals surface area contributed by atoms with Gasteiger partial charge in [-0.15, -0.1) is 0 Å². The monoisotopic (exact) mass is 300 g/mol. The molecule has 0 saturated heterocycles. The van der Waals surface area contributed by atoms with Crippen LogP contribution in [0.5, 0.6) is 0 Å². The van der Waals surface area contributed by atoms with Crippen molar-refractivity contribution in [2.75, 3.05) is 0 Å². The van der Waals surface area contributed by atoms with Crippen molar-refractivity contribution < 1.29 is 19.1 Å². The first-order chi connectivity index (χ1) is 10.6. The number of benzene rings is 2. The van der Waals surface area contributed by atoms with E-state index in [1.807, 2.05) is 36.4 Å². The zero-order valence-electron chi connectivity index (χ0n) is 12.9. The molecule has 0 spiro atoms. The number of rotatable bonds is 6. The third kappa shape index (κ3) is 4.07. The van der Waals surface area contributed by atoms with E-state index in [1.165, 1.54) is 0 Å². The maximum absolute atomic E-state index is 11.3. The van der Waals surface area contributed by atoms with E-state index in [2.05, 4.69) is 0 Å². The van der Waals surface area contributed by atoms with Crippen LogP contribution in [0.15, 0.2) is 36.4 Å². The Bertz CT molecular complexity index is 676. The molecule has 2 aromatic rings. The molecule has 4 heteroatoms. The largest absolute Gasteiger partial charge is 0.461 e. The summed E-state index contributed by atoms with van der Waals surface area (Å²) in [6.45, 7) is 4.04. The van der Waals surface area contributed by atoms with Gasteiger partial charge in [0.15, 0.2) is 0 Å². The summed E-state index contributed by atoms with van der Waals surface area (Å²) in [5.41, 5.74) is 1.87. The Hall–Kier alpha value is -2.36. The van der Waals surface area contributed by atoms with Gasteiger partial charge >= 0.3 is 11.9 Å². The lowest BCUT2D eigenvalue weighted by atomic mass is 10.0. The molecule has 4 nitrogen and oxygen atoms in total. The number of hydrogen-bond acceptors (Lipinski definition) is 4. The Morgan fingerprint density at radius 2 is 1.59 bits per heavy atom. The first kappa shape index (κ1) is 16.0. The van der Waals surface area contributed by atoms with Crippen LogP contribution < -0.4 is 0 Å². The van der Waals surface area contributed by atoms with Gasteiger partial charge in [-0.05, 0) is 28.0 Å². The molecule has 0 aliphatic heterocycles. The second kappa shape index (κ2) is 7.59. The summed E-state index contributed by atoms with van der Waals surface area (Å²) in [6, 6.07) is 11.8. The fraction of sp³-hybridized carbons (Fsp3) is 0.333. The molecule has 2 aromatic carbocycles.